The Labute approximate surface area is 48.3 Å². The van der Waals surface area contributed by atoms with Gasteiger partial charge in [-0.3, -0.25) is 0 Å². The molecule has 0 unspecified atom stereocenters. The van der Waals surface area contributed by atoms with E-state index in [2.05, 4.69) is 6.07 Å². The molecular formula is C7H8O. The lowest BCUT2D eigenvalue weighted by molar-refractivity contribution is 0.515. The van der Waals surface area contributed by atoms with Crippen LogP contribution in [0.15, 0.2) is 16.7 Å². The van der Waals surface area contributed by atoms with Crippen molar-refractivity contribution in [3.8, 4) is 0 Å². The first-order valence-corrected chi connectivity index (χ1v) is 3.02. The minimum atomic E-state index is 1.16. The van der Waals surface area contributed by atoms with Crippen molar-refractivity contribution < 1.29 is 4.42 Å². The van der Waals surface area contributed by atoms with Gasteiger partial charge in [0, 0.05) is 6.42 Å². The van der Waals surface area contributed by atoms with Gasteiger partial charge in [0.15, 0.2) is 0 Å². The molecule has 0 radical (unpaired) electrons. The van der Waals surface area contributed by atoms with Gasteiger partial charge in [-0.1, -0.05) is 0 Å². The number of hydrogen-bond acceptors (Lipinski definition) is 1. The number of aryl methyl sites for hydroxylation is 2. The molecule has 1 heterocycles. The third-order valence-electron chi connectivity index (χ3n) is 1.69. The first-order valence-electron chi connectivity index (χ1n) is 3.02. The van der Waals surface area contributed by atoms with Gasteiger partial charge in [-0.15, -0.1) is 0 Å². The summed E-state index contributed by atoms with van der Waals surface area (Å²) in [6.07, 6.45) is 5.45. The maximum Gasteiger partial charge on any atom is 0.106 e. The highest BCUT2D eigenvalue weighted by atomic mass is 16.3. The Balaban J connectivity index is 2.54. The fourth-order valence-electron chi connectivity index (χ4n) is 1.25. The third kappa shape index (κ3) is 0.414. The van der Waals surface area contributed by atoms with Gasteiger partial charge in [0.2, 0.25) is 0 Å². The van der Waals surface area contributed by atoms with Crippen LogP contribution in [0.3, 0.4) is 0 Å². The molecule has 1 aliphatic carbocycles. The Morgan fingerprint density at radius 3 is 3.25 bits per heavy atom. The Morgan fingerprint density at radius 1 is 1.38 bits per heavy atom. The van der Waals surface area contributed by atoms with Crippen LogP contribution in [0, 0.1) is 0 Å². The van der Waals surface area contributed by atoms with E-state index < -0.39 is 0 Å². The zero-order chi connectivity index (χ0) is 5.40. The highest BCUT2D eigenvalue weighted by Gasteiger charge is 2.11. The Bertz CT molecular complexity index is 170. The lowest BCUT2D eigenvalue weighted by atomic mass is 10.3. The molecule has 1 aliphatic rings. The normalized spacial score (nSPS) is 16.5. The van der Waals surface area contributed by atoms with Gasteiger partial charge >= 0.3 is 0 Å². The second-order valence-electron chi connectivity index (χ2n) is 2.22. The molecule has 0 N–H and O–H groups in total. The van der Waals surface area contributed by atoms with E-state index in [0.717, 1.165) is 6.42 Å². The summed E-state index contributed by atoms with van der Waals surface area (Å²) in [5.74, 6) is 1.21. The molecular weight excluding hydrogens is 100 g/mol. The SMILES string of the molecule is c1cc2c(o1)CCC2. The highest BCUT2D eigenvalue weighted by Crippen LogP contribution is 2.21. The number of rotatable bonds is 0. The van der Waals surface area contributed by atoms with Gasteiger partial charge in [0.25, 0.3) is 0 Å². The van der Waals surface area contributed by atoms with E-state index in [-0.39, 0.29) is 0 Å². The van der Waals surface area contributed by atoms with E-state index in [1.54, 1.807) is 6.26 Å². The molecule has 1 aromatic rings. The molecule has 1 nitrogen and oxygen atoms in total. The van der Waals surface area contributed by atoms with Crippen LogP contribution in [0.4, 0.5) is 0 Å². The first-order chi connectivity index (χ1) is 3.97. The van der Waals surface area contributed by atoms with Crippen molar-refractivity contribution in [1.29, 1.82) is 0 Å². The average Bonchev–Trinajstić information content (AvgIpc) is 2.15. The fraction of sp³-hybridized carbons (Fsp3) is 0.429. The first kappa shape index (κ1) is 4.19. The monoisotopic (exact) mass is 108 g/mol. The summed E-state index contributed by atoms with van der Waals surface area (Å²) < 4.78 is 5.18. The second-order valence-corrected chi connectivity index (χ2v) is 2.22. The summed E-state index contributed by atoms with van der Waals surface area (Å²) in [5, 5.41) is 0. The Kier molecular flexibility index (Phi) is 0.720. The molecule has 0 spiro atoms. The van der Waals surface area contributed by atoms with Crippen LogP contribution >= 0.6 is 0 Å². The van der Waals surface area contributed by atoms with Gasteiger partial charge in [-0.25, -0.2) is 0 Å². The fourth-order valence-corrected chi connectivity index (χ4v) is 1.25. The second kappa shape index (κ2) is 1.38. The average molecular weight is 108 g/mol. The quantitative estimate of drug-likeness (QED) is 0.493. The van der Waals surface area contributed by atoms with Crippen LogP contribution < -0.4 is 0 Å². The van der Waals surface area contributed by atoms with E-state index in [1.165, 1.54) is 24.2 Å². The predicted molar refractivity (Wildman–Crippen MR) is 30.7 cm³/mol. The molecule has 1 heteroatoms. The van der Waals surface area contributed by atoms with Gasteiger partial charge < -0.3 is 4.42 Å². The van der Waals surface area contributed by atoms with Crippen LogP contribution in [0.25, 0.3) is 0 Å². The van der Waals surface area contributed by atoms with Crippen molar-refractivity contribution in [3.63, 3.8) is 0 Å². The summed E-state index contributed by atoms with van der Waals surface area (Å²) in [6, 6.07) is 2.07. The Morgan fingerprint density at radius 2 is 2.38 bits per heavy atom. The largest absolute Gasteiger partial charge is 0.469 e. The van der Waals surface area contributed by atoms with Gasteiger partial charge in [0.05, 0.1) is 6.26 Å². The molecule has 8 heavy (non-hydrogen) atoms. The van der Waals surface area contributed by atoms with Crippen molar-refractivity contribution in [1.82, 2.24) is 0 Å². The van der Waals surface area contributed by atoms with Gasteiger partial charge in [-0.2, -0.15) is 0 Å². The van der Waals surface area contributed by atoms with Crippen LogP contribution in [-0.4, -0.2) is 0 Å². The minimum absolute atomic E-state index is 1.16. The van der Waals surface area contributed by atoms with Crippen LogP contribution in [0.1, 0.15) is 17.7 Å². The summed E-state index contributed by atoms with van der Waals surface area (Å²) >= 11 is 0. The van der Waals surface area contributed by atoms with Crippen molar-refractivity contribution in [2.75, 3.05) is 0 Å². The predicted octanol–water partition coefficient (Wildman–Crippen LogP) is 1.77. The molecule has 0 amide bonds. The molecule has 0 aliphatic heterocycles. The summed E-state index contributed by atoms with van der Waals surface area (Å²) in [5.41, 5.74) is 1.42. The number of hydrogen-bond donors (Lipinski definition) is 0. The number of fused-ring (bicyclic) bond motifs is 1. The van der Waals surface area contributed by atoms with Crippen molar-refractivity contribution in [3.05, 3.63) is 23.7 Å². The third-order valence-corrected chi connectivity index (χ3v) is 1.69. The van der Waals surface area contributed by atoms with E-state index >= 15 is 0 Å². The summed E-state index contributed by atoms with van der Waals surface area (Å²) in [4.78, 5) is 0. The highest BCUT2D eigenvalue weighted by molar-refractivity contribution is 5.21. The van der Waals surface area contributed by atoms with E-state index in [9.17, 15) is 0 Å². The molecule has 0 atom stereocenters. The minimum Gasteiger partial charge on any atom is -0.469 e. The standard InChI is InChI=1S/C7H8O/c1-2-6-4-5-8-7(6)3-1/h4-5H,1-3H2. The Hall–Kier alpha value is -0.720. The smallest absolute Gasteiger partial charge is 0.106 e. The number of furan rings is 1. The molecule has 0 aromatic carbocycles. The molecule has 0 saturated carbocycles. The van der Waals surface area contributed by atoms with Gasteiger partial charge in [-0.05, 0) is 24.5 Å². The molecule has 0 bridgehead atoms. The summed E-state index contributed by atoms with van der Waals surface area (Å²) in [7, 11) is 0. The molecule has 2 rings (SSSR count). The van der Waals surface area contributed by atoms with Crippen molar-refractivity contribution in [2.45, 2.75) is 19.3 Å². The molecule has 0 fully saturated rings. The van der Waals surface area contributed by atoms with E-state index in [0.29, 0.717) is 0 Å². The van der Waals surface area contributed by atoms with E-state index in [1.807, 2.05) is 0 Å². The van der Waals surface area contributed by atoms with E-state index in [4.69, 9.17) is 4.42 Å². The maximum atomic E-state index is 5.18. The lowest BCUT2D eigenvalue weighted by Crippen LogP contribution is -1.66. The van der Waals surface area contributed by atoms with Crippen LogP contribution in [0.2, 0.25) is 0 Å². The zero-order valence-electron chi connectivity index (χ0n) is 4.68. The maximum absolute atomic E-state index is 5.18. The lowest BCUT2D eigenvalue weighted by Gasteiger charge is -1.79. The molecule has 1 aromatic heterocycles. The zero-order valence-corrected chi connectivity index (χ0v) is 4.68. The summed E-state index contributed by atoms with van der Waals surface area (Å²) in [6.45, 7) is 0. The van der Waals surface area contributed by atoms with Crippen LogP contribution in [-0.2, 0) is 12.8 Å². The van der Waals surface area contributed by atoms with Crippen molar-refractivity contribution >= 4 is 0 Å². The van der Waals surface area contributed by atoms with Crippen LogP contribution in [0.5, 0.6) is 0 Å². The topological polar surface area (TPSA) is 13.1 Å². The molecule has 0 saturated heterocycles. The molecule has 42 valence electrons. The van der Waals surface area contributed by atoms with Gasteiger partial charge in [0.1, 0.15) is 5.76 Å². The van der Waals surface area contributed by atoms with Crippen molar-refractivity contribution in [2.24, 2.45) is 0 Å².